The van der Waals surface area contributed by atoms with Crippen LogP contribution in [-0.4, -0.2) is 16.7 Å². The highest BCUT2D eigenvalue weighted by Crippen LogP contribution is 2.10. The van der Waals surface area contributed by atoms with Crippen molar-refractivity contribution in [3.63, 3.8) is 0 Å². The first-order chi connectivity index (χ1) is 9.24. The number of benzene rings is 2. The SMILES string of the molecule is C=CN(C(=O)c1ccccc1)C(=O)c1ccccc1. The molecule has 0 bridgehead atoms. The maximum Gasteiger partial charge on any atom is 0.264 e. The summed E-state index contributed by atoms with van der Waals surface area (Å²) in [5.74, 6) is -0.770. The van der Waals surface area contributed by atoms with Crippen LogP contribution in [0.5, 0.6) is 0 Å². The van der Waals surface area contributed by atoms with Crippen molar-refractivity contribution < 1.29 is 9.59 Å². The molecule has 0 spiro atoms. The van der Waals surface area contributed by atoms with Gasteiger partial charge in [0.15, 0.2) is 0 Å². The van der Waals surface area contributed by atoms with E-state index in [1.165, 1.54) is 6.20 Å². The standard InChI is InChI=1S/C16H13NO2/c1-2-17(15(18)13-9-5-3-6-10-13)16(19)14-11-7-4-8-12-14/h2-12H,1H2. The Labute approximate surface area is 111 Å². The maximum absolute atomic E-state index is 12.2. The summed E-state index contributed by atoms with van der Waals surface area (Å²) in [5, 5.41) is 0. The highest BCUT2D eigenvalue weighted by molar-refractivity contribution is 6.11. The summed E-state index contributed by atoms with van der Waals surface area (Å²) in [7, 11) is 0. The Hall–Kier alpha value is -2.68. The first-order valence-electron chi connectivity index (χ1n) is 5.84. The van der Waals surface area contributed by atoms with Crippen molar-refractivity contribution in [3.05, 3.63) is 84.6 Å². The lowest BCUT2D eigenvalue weighted by Gasteiger charge is -2.16. The number of hydrogen-bond acceptors (Lipinski definition) is 2. The van der Waals surface area contributed by atoms with Crippen molar-refractivity contribution in [2.75, 3.05) is 0 Å². The maximum atomic E-state index is 12.2. The fraction of sp³-hybridized carbons (Fsp3) is 0. The Kier molecular flexibility index (Phi) is 3.88. The molecule has 2 aromatic rings. The van der Waals surface area contributed by atoms with Crippen molar-refractivity contribution in [1.29, 1.82) is 0 Å². The molecule has 2 amide bonds. The van der Waals surface area contributed by atoms with Gasteiger partial charge in [-0.25, -0.2) is 4.90 Å². The van der Waals surface area contributed by atoms with E-state index in [1.807, 2.05) is 12.1 Å². The van der Waals surface area contributed by atoms with Crippen LogP contribution in [0.4, 0.5) is 0 Å². The molecule has 0 atom stereocenters. The number of hydrogen-bond donors (Lipinski definition) is 0. The van der Waals surface area contributed by atoms with E-state index in [4.69, 9.17) is 0 Å². The number of amides is 2. The average molecular weight is 251 g/mol. The van der Waals surface area contributed by atoms with E-state index in [-0.39, 0.29) is 11.8 Å². The van der Waals surface area contributed by atoms with Gasteiger partial charge in [0, 0.05) is 17.3 Å². The molecule has 0 fully saturated rings. The van der Waals surface area contributed by atoms with Crippen LogP contribution in [0.15, 0.2) is 73.4 Å². The summed E-state index contributed by atoms with van der Waals surface area (Å²) in [5.41, 5.74) is 0.901. The molecule has 3 heteroatoms. The van der Waals surface area contributed by atoms with E-state index in [1.54, 1.807) is 48.5 Å². The molecule has 0 saturated heterocycles. The molecule has 0 aliphatic carbocycles. The zero-order chi connectivity index (χ0) is 13.7. The molecule has 19 heavy (non-hydrogen) atoms. The zero-order valence-corrected chi connectivity index (χ0v) is 10.3. The van der Waals surface area contributed by atoms with E-state index in [0.29, 0.717) is 11.1 Å². The van der Waals surface area contributed by atoms with Crippen molar-refractivity contribution in [3.8, 4) is 0 Å². The lowest BCUT2D eigenvalue weighted by Crippen LogP contribution is -2.32. The molecule has 0 saturated carbocycles. The molecule has 2 rings (SSSR count). The number of imide groups is 1. The van der Waals surface area contributed by atoms with Crippen LogP contribution in [0.25, 0.3) is 0 Å². The predicted octanol–water partition coefficient (Wildman–Crippen LogP) is 3.11. The molecule has 0 heterocycles. The topological polar surface area (TPSA) is 37.4 Å². The number of nitrogens with zero attached hydrogens (tertiary/aromatic N) is 1. The molecule has 3 nitrogen and oxygen atoms in total. The van der Waals surface area contributed by atoms with Gasteiger partial charge in [0.05, 0.1) is 0 Å². The second kappa shape index (κ2) is 5.78. The van der Waals surface area contributed by atoms with Gasteiger partial charge in [-0.05, 0) is 24.3 Å². The Morgan fingerprint density at radius 1 is 0.789 bits per heavy atom. The van der Waals surface area contributed by atoms with Crippen LogP contribution in [0, 0.1) is 0 Å². The minimum Gasteiger partial charge on any atom is -0.268 e. The van der Waals surface area contributed by atoms with E-state index < -0.39 is 0 Å². The summed E-state index contributed by atoms with van der Waals surface area (Å²) in [4.78, 5) is 25.5. The average Bonchev–Trinajstić information content (AvgIpc) is 2.49. The molecule has 2 aromatic carbocycles. The Bertz CT molecular complexity index is 539. The summed E-state index contributed by atoms with van der Waals surface area (Å²) in [6, 6.07) is 17.3. The normalized spacial score (nSPS) is 9.68. The summed E-state index contributed by atoms with van der Waals surface area (Å²) >= 11 is 0. The van der Waals surface area contributed by atoms with E-state index in [0.717, 1.165) is 4.90 Å². The highest BCUT2D eigenvalue weighted by atomic mass is 16.2. The van der Waals surface area contributed by atoms with Crippen LogP contribution in [0.2, 0.25) is 0 Å². The minimum absolute atomic E-state index is 0.385. The molecule has 0 aliphatic rings. The molecule has 0 aromatic heterocycles. The number of carbonyl (C=O) groups is 2. The number of rotatable bonds is 3. The van der Waals surface area contributed by atoms with Crippen LogP contribution in [-0.2, 0) is 0 Å². The largest absolute Gasteiger partial charge is 0.268 e. The molecule has 0 N–H and O–H groups in total. The van der Waals surface area contributed by atoms with Crippen LogP contribution < -0.4 is 0 Å². The monoisotopic (exact) mass is 251 g/mol. The molecule has 0 unspecified atom stereocenters. The minimum atomic E-state index is -0.385. The van der Waals surface area contributed by atoms with Crippen molar-refractivity contribution in [2.24, 2.45) is 0 Å². The van der Waals surface area contributed by atoms with Gasteiger partial charge in [0.25, 0.3) is 11.8 Å². The van der Waals surface area contributed by atoms with Crippen LogP contribution in [0.3, 0.4) is 0 Å². The molecule has 0 radical (unpaired) electrons. The predicted molar refractivity (Wildman–Crippen MR) is 73.6 cm³/mol. The van der Waals surface area contributed by atoms with Crippen molar-refractivity contribution in [1.82, 2.24) is 4.90 Å². The van der Waals surface area contributed by atoms with Crippen LogP contribution >= 0.6 is 0 Å². The molecule has 0 aliphatic heterocycles. The molecular formula is C16H13NO2. The lowest BCUT2D eigenvalue weighted by molar-refractivity contribution is 0.0686. The highest BCUT2D eigenvalue weighted by Gasteiger charge is 2.21. The third kappa shape index (κ3) is 2.77. The van der Waals surface area contributed by atoms with Gasteiger partial charge in [0.2, 0.25) is 0 Å². The summed E-state index contributed by atoms with van der Waals surface area (Å²) in [6.45, 7) is 3.54. The second-order valence-corrected chi connectivity index (χ2v) is 3.89. The third-order valence-electron chi connectivity index (χ3n) is 2.66. The van der Waals surface area contributed by atoms with Crippen molar-refractivity contribution >= 4 is 11.8 Å². The quantitative estimate of drug-likeness (QED) is 0.786. The van der Waals surface area contributed by atoms with Gasteiger partial charge < -0.3 is 0 Å². The van der Waals surface area contributed by atoms with Gasteiger partial charge in [-0.3, -0.25) is 9.59 Å². The fourth-order valence-electron chi connectivity index (χ4n) is 1.70. The first kappa shape index (κ1) is 12.8. The molecular weight excluding hydrogens is 238 g/mol. The Morgan fingerprint density at radius 3 is 1.47 bits per heavy atom. The Morgan fingerprint density at radius 2 is 1.16 bits per heavy atom. The smallest absolute Gasteiger partial charge is 0.264 e. The van der Waals surface area contributed by atoms with Gasteiger partial charge in [0.1, 0.15) is 0 Å². The Balaban J connectivity index is 2.29. The van der Waals surface area contributed by atoms with Gasteiger partial charge in [-0.2, -0.15) is 0 Å². The van der Waals surface area contributed by atoms with E-state index in [9.17, 15) is 9.59 Å². The summed E-state index contributed by atoms with van der Waals surface area (Å²) < 4.78 is 0. The first-order valence-corrected chi connectivity index (χ1v) is 5.84. The van der Waals surface area contributed by atoms with E-state index in [2.05, 4.69) is 6.58 Å². The van der Waals surface area contributed by atoms with Gasteiger partial charge in [-0.1, -0.05) is 43.0 Å². The van der Waals surface area contributed by atoms with Crippen LogP contribution in [0.1, 0.15) is 20.7 Å². The van der Waals surface area contributed by atoms with Gasteiger partial charge >= 0.3 is 0 Å². The van der Waals surface area contributed by atoms with E-state index >= 15 is 0 Å². The molecule has 94 valence electrons. The summed E-state index contributed by atoms with van der Waals surface area (Å²) in [6.07, 6.45) is 1.24. The number of carbonyl (C=O) groups excluding carboxylic acids is 2. The second-order valence-electron chi connectivity index (χ2n) is 3.89. The van der Waals surface area contributed by atoms with Gasteiger partial charge in [-0.15, -0.1) is 0 Å². The zero-order valence-electron chi connectivity index (χ0n) is 10.3. The fourth-order valence-corrected chi connectivity index (χ4v) is 1.70. The lowest BCUT2D eigenvalue weighted by atomic mass is 10.1. The third-order valence-corrected chi connectivity index (χ3v) is 2.66. The van der Waals surface area contributed by atoms with Crippen molar-refractivity contribution in [2.45, 2.75) is 0 Å².